The maximum Gasteiger partial charge on any atom is 0.195 e. The molecule has 5 nitrogen and oxygen atoms in total. The lowest BCUT2D eigenvalue weighted by Crippen LogP contribution is -1.81. The summed E-state index contributed by atoms with van der Waals surface area (Å²) in [6.45, 7) is 0.505. The summed E-state index contributed by atoms with van der Waals surface area (Å²) in [4.78, 5) is 12.3. The smallest absolute Gasteiger partial charge is 0.195 e. The summed E-state index contributed by atoms with van der Waals surface area (Å²) < 4.78 is 0.965. The van der Waals surface area contributed by atoms with E-state index in [9.17, 15) is 0 Å². The topological polar surface area (TPSA) is 63.4 Å². The quantitative estimate of drug-likeness (QED) is 0.674. The average molecular weight is 255 g/mol. The van der Waals surface area contributed by atoms with E-state index >= 15 is 0 Å². The Kier molecular flexibility index (Phi) is 3.01. The van der Waals surface area contributed by atoms with Gasteiger partial charge in [0.05, 0.1) is 16.8 Å². The molecule has 0 aliphatic rings. The summed E-state index contributed by atoms with van der Waals surface area (Å²) in [5.74, 6) is 0.624. The fraction of sp³-hybridized carbons (Fsp3) is 0.0833. The Morgan fingerprint density at radius 1 is 1.22 bits per heavy atom. The van der Waals surface area contributed by atoms with Crippen molar-refractivity contribution in [1.29, 1.82) is 0 Å². The van der Waals surface area contributed by atoms with Gasteiger partial charge < -0.3 is 0 Å². The fourth-order valence-corrected chi connectivity index (χ4v) is 2.30. The maximum absolute atomic E-state index is 4.16. The van der Waals surface area contributed by atoms with Gasteiger partial charge in [-0.05, 0) is 23.1 Å². The highest BCUT2D eigenvalue weighted by atomic mass is 32.1. The Balaban J connectivity index is 1.82. The number of nitrogens with zero attached hydrogens (tertiary/aromatic N) is 5. The van der Waals surface area contributed by atoms with E-state index in [0.717, 1.165) is 15.8 Å². The lowest BCUT2D eigenvalue weighted by atomic mass is 10.3. The number of fused-ring (bicyclic) bond motifs is 1. The number of rotatable bonds is 3. The van der Waals surface area contributed by atoms with Crippen molar-refractivity contribution < 1.29 is 0 Å². The predicted molar refractivity (Wildman–Crippen MR) is 69.9 cm³/mol. The van der Waals surface area contributed by atoms with Crippen LogP contribution in [-0.4, -0.2) is 15.0 Å². The Labute approximate surface area is 107 Å². The van der Waals surface area contributed by atoms with E-state index in [1.54, 1.807) is 23.7 Å². The highest BCUT2D eigenvalue weighted by Gasteiger charge is 2.02. The first-order valence-electron chi connectivity index (χ1n) is 5.38. The van der Waals surface area contributed by atoms with Gasteiger partial charge in [0.15, 0.2) is 5.82 Å². The molecule has 0 aliphatic carbocycles. The monoisotopic (exact) mass is 255 g/mol. The van der Waals surface area contributed by atoms with Crippen molar-refractivity contribution in [1.82, 2.24) is 15.0 Å². The first-order valence-corrected chi connectivity index (χ1v) is 6.26. The van der Waals surface area contributed by atoms with E-state index in [0.29, 0.717) is 12.4 Å². The van der Waals surface area contributed by atoms with Crippen LogP contribution in [0, 0.1) is 0 Å². The zero-order valence-corrected chi connectivity index (χ0v) is 10.2. The van der Waals surface area contributed by atoms with Crippen molar-refractivity contribution in [2.75, 3.05) is 0 Å². The second kappa shape index (κ2) is 4.97. The van der Waals surface area contributed by atoms with Gasteiger partial charge in [-0.3, -0.25) is 4.98 Å². The van der Waals surface area contributed by atoms with Crippen molar-refractivity contribution in [3.8, 4) is 0 Å². The van der Waals surface area contributed by atoms with Crippen LogP contribution < -0.4 is 0 Å². The molecule has 0 atom stereocenters. The molecule has 0 fully saturated rings. The van der Waals surface area contributed by atoms with Crippen LogP contribution >= 0.6 is 11.3 Å². The largest absolute Gasteiger partial charge is 0.264 e. The van der Waals surface area contributed by atoms with Gasteiger partial charge in [-0.1, -0.05) is 6.07 Å². The van der Waals surface area contributed by atoms with Crippen molar-refractivity contribution >= 4 is 27.4 Å². The Morgan fingerprint density at radius 2 is 2.22 bits per heavy atom. The molecule has 0 aliphatic heterocycles. The summed E-state index contributed by atoms with van der Waals surface area (Å²) in [6, 6.07) is 5.79. The first-order chi connectivity index (χ1) is 8.93. The van der Waals surface area contributed by atoms with Crippen LogP contribution in [0.2, 0.25) is 0 Å². The molecule has 0 saturated carbocycles. The van der Waals surface area contributed by atoms with Gasteiger partial charge in [0.2, 0.25) is 0 Å². The van der Waals surface area contributed by atoms with E-state index in [1.807, 2.05) is 23.6 Å². The molecular formula is C12H9N5S. The van der Waals surface area contributed by atoms with Crippen LogP contribution in [0.5, 0.6) is 0 Å². The molecule has 3 heterocycles. The van der Waals surface area contributed by atoms with E-state index in [2.05, 4.69) is 25.2 Å². The van der Waals surface area contributed by atoms with Crippen molar-refractivity contribution in [3.63, 3.8) is 0 Å². The molecule has 88 valence electrons. The van der Waals surface area contributed by atoms with Gasteiger partial charge in [-0.2, -0.15) is 5.11 Å². The number of thiophene rings is 1. The molecule has 18 heavy (non-hydrogen) atoms. The van der Waals surface area contributed by atoms with Crippen LogP contribution in [0.15, 0.2) is 52.5 Å². The molecule has 0 N–H and O–H groups in total. The normalized spacial score (nSPS) is 11.3. The van der Waals surface area contributed by atoms with Crippen molar-refractivity contribution in [3.05, 3.63) is 47.9 Å². The van der Waals surface area contributed by atoms with Crippen LogP contribution in [0.25, 0.3) is 10.2 Å². The summed E-state index contributed by atoms with van der Waals surface area (Å²) in [7, 11) is 0. The number of hydrogen-bond acceptors (Lipinski definition) is 6. The summed E-state index contributed by atoms with van der Waals surface area (Å²) in [5.41, 5.74) is 1.93. The fourth-order valence-electron chi connectivity index (χ4n) is 1.52. The van der Waals surface area contributed by atoms with E-state index in [4.69, 9.17) is 0 Å². The molecule has 0 saturated heterocycles. The number of hydrogen-bond donors (Lipinski definition) is 0. The van der Waals surface area contributed by atoms with Gasteiger partial charge >= 0.3 is 0 Å². The molecule has 0 bridgehead atoms. The first kappa shape index (κ1) is 10.9. The van der Waals surface area contributed by atoms with E-state index in [1.165, 1.54) is 6.33 Å². The second-order valence-corrected chi connectivity index (χ2v) is 4.51. The average Bonchev–Trinajstić information content (AvgIpc) is 2.89. The zero-order chi connectivity index (χ0) is 12.2. The molecule has 0 spiro atoms. The third-order valence-electron chi connectivity index (χ3n) is 2.37. The standard InChI is InChI=1S/C12H9N5S/c1-2-9(6-13-4-1)7-16-17-12-11-10(3-5-18-11)14-8-15-12/h1-6,8H,7H2. The summed E-state index contributed by atoms with van der Waals surface area (Å²) in [5, 5.41) is 10.3. The third-order valence-corrected chi connectivity index (χ3v) is 3.27. The summed E-state index contributed by atoms with van der Waals surface area (Å²) in [6.07, 6.45) is 5.02. The van der Waals surface area contributed by atoms with Crippen LogP contribution in [0.4, 0.5) is 5.82 Å². The van der Waals surface area contributed by atoms with Gasteiger partial charge in [0, 0.05) is 12.4 Å². The number of aromatic nitrogens is 3. The van der Waals surface area contributed by atoms with Gasteiger partial charge in [-0.25, -0.2) is 9.97 Å². The number of azo groups is 1. The molecule has 3 aromatic heterocycles. The zero-order valence-electron chi connectivity index (χ0n) is 9.39. The summed E-state index contributed by atoms with van der Waals surface area (Å²) >= 11 is 1.57. The van der Waals surface area contributed by atoms with Crippen LogP contribution in [0.3, 0.4) is 0 Å². The molecule has 3 rings (SSSR count). The molecule has 0 amide bonds. The molecule has 6 heteroatoms. The molecule has 0 radical (unpaired) electrons. The minimum absolute atomic E-state index is 0.505. The van der Waals surface area contributed by atoms with Crippen molar-refractivity contribution in [2.45, 2.75) is 6.54 Å². The van der Waals surface area contributed by atoms with Gasteiger partial charge in [-0.15, -0.1) is 16.5 Å². The molecule has 0 unspecified atom stereocenters. The van der Waals surface area contributed by atoms with E-state index in [-0.39, 0.29) is 0 Å². The maximum atomic E-state index is 4.16. The van der Waals surface area contributed by atoms with Gasteiger partial charge in [0.1, 0.15) is 6.33 Å². The van der Waals surface area contributed by atoms with Crippen LogP contribution in [-0.2, 0) is 6.54 Å². The minimum atomic E-state index is 0.505. The highest BCUT2D eigenvalue weighted by molar-refractivity contribution is 7.17. The predicted octanol–water partition coefficient (Wildman–Crippen LogP) is 3.37. The second-order valence-electron chi connectivity index (χ2n) is 3.59. The lowest BCUT2D eigenvalue weighted by molar-refractivity contribution is 0.939. The van der Waals surface area contributed by atoms with Gasteiger partial charge in [0.25, 0.3) is 0 Å². The number of pyridine rings is 1. The Morgan fingerprint density at radius 3 is 3.11 bits per heavy atom. The Hall–Kier alpha value is -2.21. The SMILES string of the molecule is c1cncc(CN=Nc2ncnc3ccsc23)c1. The van der Waals surface area contributed by atoms with Crippen molar-refractivity contribution in [2.24, 2.45) is 10.2 Å². The minimum Gasteiger partial charge on any atom is -0.264 e. The third kappa shape index (κ3) is 2.23. The van der Waals surface area contributed by atoms with Crippen LogP contribution in [0.1, 0.15) is 5.56 Å². The van der Waals surface area contributed by atoms with E-state index < -0.39 is 0 Å². The Bertz CT molecular complexity index is 677. The highest BCUT2D eigenvalue weighted by Crippen LogP contribution is 2.27. The lowest BCUT2D eigenvalue weighted by Gasteiger charge is -1.94. The molecule has 3 aromatic rings. The molecular weight excluding hydrogens is 246 g/mol. The molecule has 0 aromatic carbocycles.